The van der Waals surface area contributed by atoms with Crippen LogP contribution in [-0.4, -0.2) is 30.8 Å². The van der Waals surface area contributed by atoms with Gasteiger partial charge in [0.05, 0.1) is 18.6 Å². The summed E-state index contributed by atoms with van der Waals surface area (Å²) in [6.45, 7) is 2.64. The van der Waals surface area contributed by atoms with Crippen LogP contribution in [0.5, 0.6) is 0 Å². The summed E-state index contributed by atoms with van der Waals surface area (Å²) in [6, 6.07) is 4.12. The van der Waals surface area contributed by atoms with E-state index in [4.69, 9.17) is 9.84 Å². The lowest BCUT2D eigenvalue weighted by Gasteiger charge is -2.06. The van der Waals surface area contributed by atoms with Crippen LogP contribution >= 0.6 is 0 Å². The Morgan fingerprint density at radius 2 is 2.25 bits per heavy atom. The summed E-state index contributed by atoms with van der Waals surface area (Å²) in [4.78, 5) is 11.6. The van der Waals surface area contributed by atoms with Crippen molar-refractivity contribution in [2.45, 2.75) is 19.8 Å². The van der Waals surface area contributed by atoms with E-state index in [0.717, 1.165) is 6.42 Å². The van der Waals surface area contributed by atoms with Crippen LogP contribution in [-0.2, 0) is 9.53 Å². The highest BCUT2D eigenvalue weighted by Gasteiger charge is 2.05. The topological polar surface area (TPSA) is 58.6 Å². The van der Waals surface area contributed by atoms with Crippen LogP contribution in [0.4, 0.5) is 10.1 Å². The van der Waals surface area contributed by atoms with Crippen molar-refractivity contribution in [1.29, 1.82) is 0 Å². The first-order valence-electron chi connectivity index (χ1n) is 6.44. The molecule has 2 N–H and O–H groups in total. The summed E-state index contributed by atoms with van der Waals surface area (Å²) in [5, 5.41) is 11.2. The third-order valence-corrected chi connectivity index (χ3v) is 2.37. The number of nitrogens with one attached hydrogen (secondary N) is 1. The standard InChI is InChI=1S/C15H18FNO3/c1-2-9-20-10-7-15(19)17-13-5-6-14(16)12(11-13)4-3-8-18/h5-6,11,18H,2,7-10H2,1H3,(H,17,19). The van der Waals surface area contributed by atoms with E-state index in [1.54, 1.807) is 0 Å². The maximum absolute atomic E-state index is 13.4. The van der Waals surface area contributed by atoms with Gasteiger partial charge in [-0.05, 0) is 24.6 Å². The second-order valence-electron chi connectivity index (χ2n) is 4.07. The number of benzene rings is 1. The summed E-state index contributed by atoms with van der Waals surface area (Å²) < 4.78 is 18.6. The van der Waals surface area contributed by atoms with Gasteiger partial charge in [-0.3, -0.25) is 4.79 Å². The van der Waals surface area contributed by atoms with Crippen molar-refractivity contribution in [2.75, 3.05) is 25.1 Å². The molecule has 0 spiro atoms. The maximum Gasteiger partial charge on any atom is 0.226 e. The third-order valence-electron chi connectivity index (χ3n) is 2.37. The number of carbonyl (C=O) groups excluding carboxylic acids is 1. The van der Waals surface area contributed by atoms with Crippen molar-refractivity contribution >= 4 is 11.6 Å². The molecular formula is C15H18FNO3. The molecule has 0 aliphatic rings. The van der Waals surface area contributed by atoms with Crippen LogP contribution in [0.15, 0.2) is 18.2 Å². The Kier molecular flexibility index (Phi) is 7.33. The smallest absolute Gasteiger partial charge is 0.226 e. The SMILES string of the molecule is CCCOCCC(=O)Nc1ccc(F)c(C#CCO)c1. The Bertz CT molecular complexity index is 506. The first-order chi connectivity index (χ1) is 9.67. The number of rotatable bonds is 6. The Hall–Kier alpha value is -1.90. The van der Waals surface area contributed by atoms with Gasteiger partial charge in [-0.15, -0.1) is 0 Å². The largest absolute Gasteiger partial charge is 0.384 e. The monoisotopic (exact) mass is 279 g/mol. The minimum absolute atomic E-state index is 0.138. The molecule has 0 bridgehead atoms. The number of ether oxygens (including phenoxy) is 1. The summed E-state index contributed by atoms with van der Waals surface area (Å²) >= 11 is 0. The predicted molar refractivity (Wildman–Crippen MR) is 74.7 cm³/mol. The molecule has 0 aromatic heterocycles. The zero-order valence-corrected chi connectivity index (χ0v) is 11.4. The van der Waals surface area contributed by atoms with Crippen LogP contribution in [0.25, 0.3) is 0 Å². The van der Waals surface area contributed by atoms with Gasteiger partial charge in [0.2, 0.25) is 5.91 Å². The minimum atomic E-state index is -0.491. The molecule has 5 heteroatoms. The van der Waals surface area contributed by atoms with Gasteiger partial charge in [-0.25, -0.2) is 4.39 Å². The molecule has 20 heavy (non-hydrogen) atoms. The zero-order chi connectivity index (χ0) is 14.8. The molecule has 1 aromatic carbocycles. The minimum Gasteiger partial charge on any atom is -0.384 e. The molecule has 0 fully saturated rings. The normalized spacial score (nSPS) is 9.75. The zero-order valence-electron chi connectivity index (χ0n) is 11.4. The van der Waals surface area contributed by atoms with Gasteiger partial charge in [0, 0.05) is 12.3 Å². The lowest BCUT2D eigenvalue weighted by atomic mass is 10.2. The van der Waals surface area contributed by atoms with Crippen molar-refractivity contribution in [2.24, 2.45) is 0 Å². The molecule has 4 nitrogen and oxygen atoms in total. The van der Waals surface area contributed by atoms with Gasteiger partial charge < -0.3 is 15.2 Å². The number of hydrogen-bond acceptors (Lipinski definition) is 3. The molecule has 108 valence electrons. The van der Waals surface area contributed by atoms with Gasteiger partial charge in [0.25, 0.3) is 0 Å². The Morgan fingerprint density at radius 3 is 2.95 bits per heavy atom. The lowest BCUT2D eigenvalue weighted by Crippen LogP contribution is -2.14. The van der Waals surface area contributed by atoms with E-state index >= 15 is 0 Å². The summed E-state index contributed by atoms with van der Waals surface area (Å²) in [5.74, 6) is 4.16. The highest BCUT2D eigenvalue weighted by Crippen LogP contribution is 2.14. The van der Waals surface area contributed by atoms with Gasteiger partial charge in [-0.2, -0.15) is 0 Å². The molecule has 0 radical (unpaired) electrons. The first-order valence-corrected chi connectivity index (χ1v) is 6.44. The third kappa shape index (κ3) is 5.83. The number of amides is 1. The van der Waals surface area contributed by atoms with E-state index in [9.17, 15) is 9.18 Å². The summed E-state index contributed by atoms with van der Waals surface area (Å²) in [6.07, 6.45) is 1.15. The molecule has 1 rings (SSSR count). The maximum atomic E-state index is 13.4. The fourth-order valence-corrected chi connectivity index (χ4v) is 1.47. The Morgan fingerprint density at radius 1 is 1.45 bits per heavy atom. The summed E-state index contributed by atoms with van der Waals surface area (Å²) in [7, 11) is 0. The van der Waals surface area contributed by atoms with Crippen molar-refractivity contribution in [1.82, 2.24) is 0 Å². The van der Waals surface area contributed by atoms with Gasteiger partial charge in [0.15, 0.2) is 0 Å². The molecule has 0 heterocycles. The number of aliphatic hydroxyl groups excluding tert-OH is 1. The van der Waals surface area contributed by atoms with Gasteiger partial charge >= 0.3 is 0 Å². The van der Waals surface area contributed by atoms with Crippen LogP contribution < -0.4 is 5.32 Å². The number of hydrogen-bond donors (Lipinski definition) is 2. The predicted octanol–water partition coefficient (Wildman–Crippen LogP) is 1.92. The van der Waals surface area contributed by atoms with Gasteiger partial charge in [0.1, 0.15) is 12.4 Å². The molecule has 0 unspecified atom stereocenters. The van der Waals surface area contributed by atoms with E-state index in [0.29, 0.717) is 18.9 Å². The number of carbonyl (C=O) groups is 1. The molecular weight excluding hydrogens is 261 g/mol. The van der Waals surface area contributed by atoms with Crippen LogP contribution in [0.2, 0.25) is 0 Å². The van der Waals surface area contributed by atoms with Crippen molar-refractivity contribution in [3.8, 4) is 11.8 Å². The van der Waals surface area contributed by atoms with Gasteiger partial charge in [-0.1, -0.05) is 18.8 Å². The number of halogens is 1. The average molecular weight is 279 g/mol. The molecule has 1 amide bonds. The van der Waals surface area contributed by atoms with Crippen LogP contribution in [0.1, 0.15) is 25.3 Å². The summed E-state index contributed by atoms with van der Waals surface area (Å²) in [5.41, 5.74) is 0.605. The van der Waals surface area contributed by atoms with E-state index in [1.165, 1.54) is 18.2 Å². The highest BCUT2D eigenvalue weighted by molar-refractivity contribution is 5.90. The Balaban J connectivity index is 2.57. The molecule has 0 saturated heterocycles. The van der Waals surface area contributed by atoms with Crippen molar-refractivity contribution < 1.29 is 19.0 Å². The lowest BCUT2D eigenvalue weighted by molar-refractivity contribution is -0.117. The fourth-order valence-electron chi connectivity index (χ4n) is 1.47. The molecule has 0 saturated carbocycles. The Labute approximate surface area is 117 Å². The first kappa shape index (κ1) is 16.2. The molecule has 1 aromatic rings. The molecule has 0 aliphatic heterocycles. The number of anilines is 1. The van der Waals surface area contributed by atoms with Crippen LogP contribution in [0.3, 0.4) is 0 Å². The van der Waals surface area contributed by atoms with E-state index < -0.39 is 5.82 Å². The van der Waals surface area contributed by atoms with Crippen molar-refractivity contribution in [3.63, 3.8) is 0 Å². The van der Waals surface area contributed by atoms with E-state index in [1.807, 2.05) is 6.92 Å². The van der Waals surface area contributed by atoms with Crippen LogP contribution in [0, 0.1) is 17.7 Å². The molecule has 0 atom stereocenters. The number of aliphatic hydroxyl groups is 1. The second kappa shape index (κ2) is 9.08. The molecule has 0 aliphatic carbocycles. The van der Waals surface area contributed by atoms with E-state index in [2.05, 4.69) is 17.2 Å². The highest BCUT2D eigenvalue weighted by atomic mass is 19.1. The quantitative estimate of drug-likeness (QED) is 0.618. The average Bonchev–Trinajstić information content (AvgIpc) is 2.44. The second-order valence-corrected chi connectivity index (χ2v) is 4.07. The fraction of sp³-hybridized carbons (Fsp3) is 0.400. The van der Waals surface area contributed by atoms with E-state index in [-0.39, 0.29) is 24.5 Å². The van der Waals surface area contributed by atoms with Crippen molar-refractivity contribution in [3.05, 3.63) is 29.6 Å².